The number of carbonyl (C=O) groups excluding carboxylic acids is 1. The van der Waals surface area contributed by atoms with E-state index in [-0.39, 0.29) is 54.4 Å². The van der Waals surface area contributed by atoms with E-state index in [4.69, 9.17) is 4.98 Å². The zero-order chi connectivity index (χ0) is 44.1. The topological polar surface area (TPSA) is 142 Å². The number of rotatable bonds is 11. The van der Waals surface area contributed by atoms with Crippen LogP contribution in [0.25, 0.3) is 34.0 Å². The van der Waals surface area contributed by atoms with Gasteiger partial charge in [-0.1, -0.05) is 92.7 Å². The van der Waals surface area contributed by atoms with Crippen LogP contribution in [0.1, 0.15) is 37.8 Å². The molecule has 10 rings (SSSR count). The summed E-state index contributed by atoms with van der Waals surface area (Å²) in [6, 6.07) is 39.7. The minimum absolute atomic E-state index is 0. The number of carbonyl (C=O) groups is 1. The zero-order valence-corrected chi connectivity index (χ0v) is 38.5. The first kappa shape index (κ1) is 48.2. The Bertz CT molecular complexity index is 3020. The zero-order valence-electron chi connectivity index (χ0n) is 37.8. The molecule has 1 amide bonds. The monoisotopic (exact) mass is 918 g/mol. The number of hydrogen-bond donors (Lipinski definition) is 2. The molecule has 2 aliphatic heterocycles. The summed E-state index contributed by atoms with van der Waals surface area (Å²) in [7, 11) is -6.58. The van der Waals surface area contributed by atoms with E-state index in [1.807, 2.05) is 95.9 Å². The predicted molar refractivity (Wildman–Crippen MR) is 264 cm³/mol. The molecule has 4 unspecified atom stereocenters. The Hall–Kier alpha value is -4.76. The molecule has 4 atom stereocenters. The molecule has 4 aliphatic rings. The van der Waals surface area contributed by atoms with Gasteiger partial charge in [0.15, 0.2) is 17.4 Å². The number of fused-ring (bicyclic) bond motifs is 4. The molecule has 2 saturated carbocycles. The number of sulfonamides is 2. The summed E-state index contributed by atoms with van der Waals surface area (Å²) < 4.78 is 51.4. The third kappa shape index (κ3) is 10.5. The summed E-state index contributed by atoms with van der Waals surface area (Å²) >= 11 is 0. The van der Waals surface area contributed by atoms with Crippen LogP contribution in [0.4, 0.5) is 11.4 Å². The summed E-state index contributed by atoms with van der Waals surface area (Å²) in [6.45, 7) is 9.00. The minimum Gasteiger partial charge on any atom is -1.00 e. The number of amides is 1. The van der Waals surface area contributed by atoms with Crippen molar-refractivity contribution in [3.05, 3.63) is 156 Å². The van der Waals surface area contributed by atoms with Gasteiger partial charge in [0.25, 0.3) is 0 Å². The molecule has 4 heterocycles. The van der Waals surface area contributed by atoms with Gasteiger partial charge in [0.05, 0.1) is 34.9 Å². The molecule has 0 radical (unpaired) electrons. The van der Waals surface area contributed by atoms with E-state index in [9.17, 15) is 21.6 Å². The van der Waals surface area contributed by atoms with Crippen molar-refractivity contribution in [2.75, 3.05) is 54.7 Å². The summed E-state index contributed by atoms with van der Waals surface area (Å²) in [6.07, 6.45) is 10.0. The van der Waals surface area contributed by atoms with Crippen LogP contribution in [-0.2, 0) is 35.7 Å². The number of anilines is 2. The Labute approximate surface area is 406 Å². The van der Waals surface area contributed by atoms with Gasteiger partial charge in [0, 0.05) is 71.8 Å². The molecular weight excluding hydrogens is 863 g/mol. The standard InChI is InChI=1S/C25H25N3O3S.C25H27N3O2S.Al.Li.4H/c1-25(18-7-5-8-20(14-18)27-32(2,30)31)21-15-28(16-22(21)25)24(29)13-12-19-11-10-17-6-3-4-9-23(17)26-19;1-25(19-8-5-9-21(15-19)27-31(2,29)30)22-16-28(17-23(22)25)14-6-10-20-13-12-18-7-3-4-11-24(18)26-20;;;;;;/h3-14,21-22,27H,15-16H2,1-2H3;3-13,15,22-23,27H,14,16-17H2,1-2H3;;;;;;/q;;;+1;;;;-1/b13-12+;10-6+;;;;;;. The van der Waals surface area contributed by atoms with Crippen molar-refractivity contribution < 1.29 is 41.9 Å². The smallest absolute Gasteiger partial charge is 1.00 e. The second kappa shape index (κ2) is 18.9. The van der Waals surface area contributed by atoms with Gasteiger partial charge >= 0.3 is 18.9 Å². The summed E-state index contributed by atoms with van der Waals surface area (Å²) in [5.41, 5.74) is 7.36. The molecule has 0 spiro atoms. The van der Waals surface area contributed by atoms with E-state index in [1.54, 1.807) is 18.2 Å². The SMILES string of the molecule is CC1(c2cccc(NS(C)(=O)=O)c2)C2CN(C(=O)/C=C/c3ccc4ccccc4n3)CC21.CC1(c2cccc(NS(C)(=O)=O)c2)C2CN(C/C=C/c3ccc4ccccc4n3)CC21.[AlH3].[H-].[Li+]. The van der Waals surface area contributed by atoms with Gasteiger partial charge in [-0.15, -0.1) is 0 Å². The van der Waals surface area contributed by atoms with Gasteiger partial charge in [-0.3, -0.25) is 19.1 Å². The first-order valence-electron chi connectivity index (χ1n) is 21.3. The Kier molecular flexibility index (Phi) is 14.0. The minimum atomic E-state index is -3.31. The first-order chi connectivity index (χ1) is 30.1. The van der Waals surface area contributed by atoms with Crippen molar-refractivity contribution in [3.63, 3.8) is 0 Å². The average molecular weight is 919 g/mol. The third-order valence-electron chi connectivity index (χ3n) is 13.8. The molecule has 0 bridgehead atoms. The largest absolute Gasteiger partial charge is 1.00 e. The van der Waals surface area contributed by atoms with Crippen LogP contribution in [0, 0.1) is 23.7 Å². The number of piperidine rings is 2. The number of benzene rings is 4. The molecule has 15 heteroatoms. The van der Waals surface area contributed by atoms with E-state index in [0.29, 0.717) is 48.1 Å². The number of hydrogen-bond acceptors (Lipinski definition) is 8. The summed E-state index contributed by atoms with van der Waals surface area (Å²) in [5, 5.41) is 2.24. The van der Waals surface area contributed by atoms with Gasteiger partial charge in [0.1, 0.15) is 0 Å². The predicted octanol–water partition coefficient (Wildman–Crippen LogP) is 3.74. The molecule has 4 fully saturated rings. The maximum absolute atomic E-state index is 12.7. The van der Waals surface area contributed by atoms with Crippen molar-refractivity contribution in [1.29, 1.82) is 0 Å². The summed E-state index contributed by atoms with van der Waals surface area (Å²) in [4.78, 5) is 26.4. The van der Waals surface area contributed by atoms with Crippen LogP contribution in [0.2, 0.25) is 0 Å². The Morgan fingerprint density at radius 1 is 0.646 bits per heavy atom. The molecule has 332 valence electrons. The number of pyridine rings is 2. The molecule has 2 N–H and O–H groups in total. The molecule has 11 nitrogen and oxygen atoms in total. The quantitative estimate of drug-likeness (QED) is 0.148. The summed E-state index contributed by atoms with van der Waals surface area (Å²) in [5.74, 6) is 2.00. The molecular formula is C50H56AlLiN6O5S2. The third-order valence-corrected chi connectivity index (χ3v) is 15.0. The Morgan fingerprint density at radius 3 is 1.57 bits per heavy atom. The van der Waals surface area contributed by atoms with Crippen LogP contribution < -0.4 is 28.3 Å². The number of aromatic nitrogens is 2. The van der Waals surface area contributed by atoms with Crippen LogP contribution in [0.5, 0.6) is 0 Å². The van der Waals surface area contributed by atoms with Gasteiger partial charge in [-0.25, -0.2) is 26.8 Å². The van der Waals surface area contributed by atoms with Gasteiger partial charge < -0.3 is 6.33 Å². The van der Waals surface area contributed by atoms with Gasteiger partial charge in [-0.05, 0) is 95.5 Å². The number of para-hydroxylation sites is 2. The van der Waals surface area contributed by atoms with E-state index in [0.717, 1.165) is 64.6 Å². The molecule has 2 aliphatic carbocycles. The normalized spacial score (nSPS) is 24.4. The van der Waals surface area contributed by atoms with Crippen molar-refractivity contribution in [3.8, 4) is 0 Å². The van der Waals surface area contributed by atoms with Gasteiger partial charge in [0.2, 0.25) is 26.0 Å². The first-order valence-corrected chi connectivity index (χ1v) is 25.1. The second-order valence-corrected chi connectivity index (χ2v) is 21.5. The second-order valence-electron chi connectivity index (χ2n) is 18.0. The maximum Gasteiger partial charge on any atom is 1.00 e. The van der Waals surface area contributed by atoms with Crippen LogP contribution in [0.3, 0.4) is 0 Å². The number of nitrogens with one attached hydrogen (secondary N) is 2. The van der Waals surface area contributed by atoms with Crippen molar-refractivity contribution >= 4 is 88.6 Å². The molecule has 4 aromatic carbocycles. The molecule has 6 aromatic rings. The van der Waals surface area contributed by atoms with Crippen molar-refractivity contribution in [2.45, 2.75) is 24.7 Å². The van der Waals surface area contributed by atoms with Crippen LogP contribution in [-0.4, -0.2) is 105 Å². The van der Waals surface area contributed by atoms with Crippen LogP contribution >= 0.6 is 0 Å². The average Bonchev–Trinajstić information content (AvgIpc) is 3.71. The van der Waals surface area contributed by atoms with Crippen molar-refractivity contribution in [2.24, 2.45) is 23.7 Å². The maximum atomic E-state index is 12.7. The Balaban J connectivity index is 0.000000209. The van der Waals surface area contributed by atoms with E-state index in [1.165, 1.54) is 11.8 Å². The van der Waals surface area contributed by atoms with E-state index >= 15 is 0 Å². The molecule has 2 aromatic heterocycles. The van der Waals surface area contributed by atoms with Crippen molar-refractivity contribution in [1.82, 2.24) is 19.8 Å². The van der Waals surface area contributed by atoms with Crippen LogP contribution in [0.15, 0.2) is 133 Å². The fraction of sp³-hybridized carbons (Fsp3) is 0.300. The fourth-order valence-corrected chi connectivity index (χ4v) is 11.3. The molecule has 2 saturated heterocycles. The van der Waals surface area contributed by atoms with Gasteiger partial charge in [-0.2, -0.15) is 0 Å². The van der Waals surface area contributed by atoms with E-state index in [2.05, 4.69) is 69.6 Å². The number of likely N-dealkylation sites (tertiary alicyclic amines) is 2. The fourth-order valence-electron chi connectivity index (χ4n) is 10.2. The number of nitrogens with zero attached hydrogens (tertiary/aromatic N) is 4. The van der Waals surface area contributed by atoms with E-state index < -0.39 is 20.0 Å². The Morgan fingerprint density at radius 2 is 1.09 bits per heavy atom. The molecule has 65 heavy (non-hydrogen) atoms.